The summed E-state index contributed by atoms with van der Waals surface area (Å²) in [6, 6.07) is 4.16. The molecule has 0 unspecified atom stereocenters. The molecule has 0 aliphatic heterocycles. The molecule has 14 heteroatoms. The summed E-state index contributed by atoms with van der Waals surface area (Å²) in [6.45, 7) is 7.77. The van der Waals surface area contributed by atoms with Crippen molar-refractivity contribution in [1.82, 2.24) is 0 Å². The largest absolute Gasteiger partial charge is 0.491 e. The Kier molecular flexibility index (Phi) is 27.4. The number of benzene rings is 1. The minimum atomic E-state index is -0.439. The predicted octanol–water partition coefficient (Wildman–Crippen LogP) is 4.17. The fourth-order valence-electron chi connectivity index (χ4n) is 2.97. The second-order valence-corrected chi connectivity index (χ2v) is 9.59. The third-order valence-electron chi connectivity index (χ3n) is 4.97. The third-order valence-corrected chi connectivity index (χ3v) is 5.75. The van der Waals surface area contributed by atoms with Crippen LogP contribution in [0, 0.1) is 20.8 Å². The highest BCUT2D eigenvalue weighted by Crippen LogP contribution is 2.24. The van der Waals surface area contributed by atoms with E-state index in [1.54, 1.807) is 0 Å². The highest BCUT2D eigenvalue weighted by molar-refractivity contribution is 9.09. The number of carbonyl (C=O) groups excluding carboxylic acids is 5. The Balaban J connectivity index is 0. The van der Waals surface area contributed by atoms with Crippen molar-refractivity contribution in [2.24, 2.45) is 0 Å². The van der Waals surface area contributed by atoms with Gasteiger partial charge in [0.25, 0.3) is 0 Å². The first-order chi connectivity index (χ1) is 20.4. The van der Waals surface area contributed by atoms with Gasteiger partial charge in [-0.1, -0.05) is 33.6 Å². The van der Waals surface area contributed by atoms with Crippen molar-refractivity contribution < 1.29 is 57.1 Å². The summed E-state index contributed by atoms with van der Waals surface area (Å²) < 4.78 is 33.8. The zero-order chi connectivity index (χ0) is 33.0. The molecule has 0 N–H and O–H groups in total. The van der Waals surface area contributed by atoms with Gasteiger partial charge in [0, 0.05) is 5.33 Å². The zero-order valence-electron chi connectivity index (χ0n) is 25.8. The first kappa shape index (κ1) is 42.2. The van der Waals surface area contributed by atoms with Crippen molar-refractivity contribution in [3.8, 4) is 5.75 Å². The molecule has 0 heterocycles. The van der Waals surface area contributed by atoms with Gasteiger partial charge in [-0.25, -0.2) is 0 Å². The monoisotopic (exact) mass is 698 g/mol. The van der Waals surface area contributed by atoms with Crippen LogP contribution in [0.5, 0.6) is 5.75 Å². The Morgan fingerprint density at radius 2 is 1.09 bits per heavy atom. The number of ether oxygens (including phenoxy) is 7. The summed E-state index contributed by atoms with van der Waals surface area (Å²) in [5.41, 5.74) is 3.42. The van der Waals surface area contributed by atoms with E-state index in [9.17, 15) is 24.0 Å². The molecule has 0 bridgehead atoms. The standard InChI is InChI=1S/C18H26O6.C8H13BrO4.C3H5ClO2/c1-13-11-14(2)18(15(3)12-13)24-10-8-22-7-9-23-17(20)6-5-16(19)21-4;1-12-7(10)3-4-8(11)13-6-2-5-9;1-6-3(5)2-4/h11-12H,5-10H2,1-4H3;2-6H2,1H3;2H2,1H3. The molecule has 0 fully saturated rings. The fourth-order valence-corrected chi connectivity index (χ4v) is 3.30. The zero-order valence-corrected chi connectivity index (χ0v) is 28.1. The lowest BCUT2D eigenvalue weighted by atomic mass is 10.1. The molecular formula is C29H44BrClO12. The molecule has 1 aromatic carbocycles. The van der Waals surface area contributed by atoms with Crippen LogP contribution in [0.3, 0.4) is 0 Å². The topological polar surface area (TPSA) is 150 Å². The summed E-state index contributed by atoms with van der Waals surface area (Å²) in [7, 11) is 3.87. The fraction of sp³-hybridized carbons (Fsp3) is 0.621. The van der Waals surface area contributed by atoms with Gasteiger partial charge in [-0.2, -0.15) is 0 Å². The molecule has 1 aromatic rings. The Morgan fingerprint density at radius 1 is 0.651 bits per heavy atom. The smallest absolute Gasteiger partial charge is 0.320 e. The van der Waals surface area contributed by atoms with Gasteiger partial charge in [0.15, 0.2) is 0 Å². The van der Waals surface area contributed by atoms with Gasteiger partial charge in [0.2, 0.25) is 0 Å². The Bertz CT molecular complexity index is 942. The van der Waals surface area contributed by atoms with Crippen LogP contribution in [0.2, 0.25) is 0 Å². The van der Waals surface area contributed by atoms with Crippen molar-refractivity contribution in [1.29, 1.82) is 0 Å². The lowest BCUT2D eigenvalue weighted by Crippen LogP contribution is -2.15. The van der Waals surface area contributed by atoms with Crippen LogP contribution in [-0.2, 0) is 52.4 Å². The number of hydrogen-bond donors (Lipinski definition) is 0. The molecule has 0 aliphatic carbocycles. The summed E-state index contributed by atoms with van der Waals surface area (Å²) in [4.78, 5) is 53.5. The van der Waals surface area contributed by atoms with E-state index in [2.05, 4.69) is 49.2 Å². The highest BCUT2D eigenvalue weighted by atomic mass is 79.9. The maximum Gasteiger partial charge on any atom is 0.320 e. The number of hydrogen-bond acceptors (Lipinski definition) is 12. The maximum atomic E-state index is 11.3. The van der Waals surface area contributed by atoms with E-state index in [4.69, 9.17) is 30.5 Å². The van der Waals surface area contributed by atoms with Gasteiger partial charge in [-0.15, -0.1) is 11.6 Å². The second kappa shape index (κ2) is 27.9. The number of rotatable bonds is 17. The molecule has 1 rings (SSSR count). The van der Waals surface area contributed by atoms with Crippen LogP contribution in [0.15, 0.2) is 12.1 Å². The van der Waals surface area contributed by atoms with Gasteiger partial charge in [-0.05, 0) is 38.3 Å². The first-order valence-corrected chi connectivity index (χ1v) is 15.0. The van der Waals surface area contributed by atoms with Crippen LogP contribution >= 0.6 is 27.5 Å². The third kappa shape index (κ3) is 25.3. The predicted molar refractivity (Wildman–Crippen MR) is 163 cm³/mol. The summed E-state index contributed by atoms with van der Waals surface area (Å²) in [5, 5.41) is 0.803. The number of alkyl halides is 2. The van der Waals surface area contributed by atoms with Gasteiger partial charge >= 0.3 is 29.8 Å². The summed E-state index contributed by atoms with van der Waals surface area (Å²) >= 11 is 8.19. The normalized spacial score (nSPS) is 9.67. The molecule has 246 valence electrons. The summed E-state index contributed by atoms with van der Waals surface area (Å²) in [5.74, 6) is -1.18. The second-order valence-electron chi connectivity index (χ2n) is 8.53. The van der Waals surface area contributed by atoms with E-state index in [0.29, 0.717) is 26.4 Å². The Hall–Kier alpha value is -2.90. The molecule has 0 saturated carbocycles. The van der Waals surface area contributed by atoms with E-state index in [1.807, 2.05) is 13.8 Å². The number of aryl methyl sites for hydroxylation is 3. The van der Waals surface area contributed by atoms with E-state index >= 15 is 0 Å². The van der Waals surface area contributed by atoms with Crippen molar-refractivity contribution in [2.75, 3.05) is 65.6 Å². The Labute approximate surface area is 267 Å². The molecule has 0 amide bonds. The highest BCUT2D eigenvalue weighted by Gasteiger charge is 2.09. The first-order valence-electron chi connectivity index (χ1n) is 13.4. The SMILES string of the molecule is COC(=O)CCC(=O)OCCCBr.COC(=O)CCC(=O)OCCOCCOc1c(C)cc(C)cc1C.COC(=O)CCl. The molecule has 0 atom stereocenters. The van der Waals surface area contributed by atoms with Gasteiger partial charge in [0.05, 0.1) is 66.8 Å². The molecule has 0 saturated heterocycles. The van der Waals surface area contributed by atoms with Crippen molar-refractivity contribution in [2.45, 2.75) is 52.9 Å². The quantitative estimate of drug-likeness (QED) is 0.0994. The minimum Gasteiger partial charge on any atom is -0.491 e. The van der Waals surface area contributed by atoms with Gasteiger partial charge in [-0.3, -0.25) is 24.0 Å². The maximum absolute atomic E-state index is 11.3. The average molecular weight is 700 g/mol. The van der Waals surface area contributed by atoms with Gasteiger partial charge < -0.3 is 33.2 Å². The van der Waals surface area contributed by atoms with Crippen LogP contribution in [-0.4, -0.2) is 95.4 Å². The van der Waals surface area contributed by atoms with E-state index in [1.165, 1.54) is 26.9 Å². The number of carbonyl (C=O) groups is 5. The van der Waals surface area contributed by atoms with Crippen molar-refractivity contribution in [3.63, 3.8) is 0 Å². The molecule has 43 heavy (non-hydrogen) atoms. The van der Waals surface area contributed by atoms with Crippen LogP contribution in [0.25, 0.3) is 0 Å². The van der Waals surface area contributed by atoms with Crippen LogP contribution < -0.4 is 4.74 Å². The average Bonchev–Trinajstić information content (AvgIpc) is 2.99. The van der Waals surface area contributed by atoms with E-state index in [-0.39, 0.29) is 44.1 Å². The van der Waals surface area contributed by atoms with Crippen LogP contribution in [0.1, 0.15) is 48.8 Å². The van der Waals surface area contributed by atoms with E-state index < -0.39 is 23.9 Å². The Morgan fingerprint density at radius 3 is 1.51 bits per heavy atom. The number of halogens is 2. The van der Waals surface area contributed by atoms with Gasteiger partial charge in [0.1, 0.15) is 24.8 Å². The molecule has 0 radical (unpaired) electrons. The number of methoxy groups -OCH3 is 3. The molecular weight excluding hydrogens is 656 g/mol. The van der Waals surface area contributed by atoms with Crippen molar-refractivity contribution >= 4 is 57.4 Å². The molecule has 0 aromatic heterocycles. The van der Waals surface area contributed by atoms with Crippen LogP contribution in [0.4, 0.5) is 0 Å². The van der Waals surface area contributed by atoms with E-state index in [0.717, 1.165) is 28.6 Å². The molecule has 0 spiro atoms. The molecule has 0 aliphatic rings. The lowest BCUT2D eigenvalue weighted by molar-refractivity contribution is -0.150. The number of esters is 5. The molecule has 12 nitrogen and oxygen atoms in total. The lowest BCUT2D eigenvalue weighted by Gasteiger charge is -2.13. The summed E-state index contributed by atoms with van der Waals surface area (Å²) in [6.07, 6.45) is 1.00. The van der Waals surface area contributed by atoms with Crippen molar-refractivity contribution in [3.05, 3.63) is 28.8 Å². The minimum absolute atomic E-state index is 0.0156.